The number of halogens is 1. The quantitative estimate of drug-likeness (QED) is 0.755. The summed E-state index contributed by atoms with van der Waals surface area (Å²) in [6.45, 7) is 0. The van der Waals surface area contributed by atoms with Gasteiger partial charge in [-0.15, -0.1) is 0 Å². The second kappa shape index (κ2) is 5.42. The minimum Gasteiger partial charge on any atom is -0.506 e. The summed E-state index contributed by atoms with van der Waals surface area (Å²) in [7, 11) is 0. The van der Waals surface area contributed by atoms with Gasteiger partial charge in [0.1, 0.15) is 5.75 Å². The van der Waals surface area contributed by atoms with Gasteiger partial charge in [-0.05, 0) is 17.5 Å². The third-order valence-electron chi connectivity index (χ3n) is 3.16. The van der Waals surface area contributed by atoms with Gasteiger partial charge < -0.3 is 10.4 Å². The van der Waals surface area contributed by atoms with Crippen molar-refractivity contribution in [2.75, 3.05) is 5.32 Å². The van der Waals surface area contributed by atoms with Crippen LogP contribution < -0.4 is 5.32 Å². The van der Waals surface area contributed by atoms with E-state index >= 15 is 0 Å². The molecule has 4 nitrogen and oxygen atoms in total. The Bertz CT molecular complexity index is 833. The number of nitrogens with zero attached hydrogens (tertiary/aromatic N) is 1. The molecule has 3 rings (SSSR count). The number of fused-ring (bicyclic) bond motifs is 1. The molecular weight excluding hydrogens is 288 g/mol. The molecule has 2 N–H and O–H groups in total. The molecule has 3 aromatic rings. The van der Waals surface area contributed by atoms with Gasteiger partial charge in [0.25, 0.3) is 5.91 Å². The van der Waals surface area contributed by atoms with E-state index in [1.807, 2.05) is 18.2 Å². The Labute approximate surface area is 126 Å². The van der Waals surface area contributed by atoms with Crippen molar-refractivity contribution < 1.29 is 9.90 Å². The molecule has 0 bridgehead atoms. The lowest BCUT2D eigenvalue weighted by Crippen LogP contribution is -2.12. The summed E-state index contributed by atoms with van der Waals surface area (Å²) in [5.41, 5.74) is 0.588. The molecule has 0 radical (unpaired) electrons. The van der Waals surface area contributed by atoms with Gasteiger partial charge in [-0.25, -0.2) is 0 Å². The van der Waals surface area contributed by atoms with E-state index in [0.29, 0.717) is 16.1 Å². The van der Waals surface area contributed by atoms with Crippen molar-refractivity contribution in [1.82, 2.24) is 4.98 Å². The largest absolute Gasteiger partial charge is 0.506 e. The van der Waals surface area contributed by atoms with E-state index in [4.69, 9.17) is 11.6 Å². The third-order valence-corrected chi connectivity index (χ3v) is 3.49. The molecule has 21 heavy (non-hydrogen) atoms. The van der Waals surface area contributed by atoms with Gasteiger partial charge in [-0.2, -0.15) is 0 Å². The Hall–Kier alpha value is -2.59. The van der Waals surface area contributed by atoms with E-state index in [2.05, 4.69) is 10.3 Å². The maximum Gasteiger partial charge on any atom is 0.259 e. The molecule has 0 atom stereocenters. The van der Waals surface area contributed by atoms with Gasteiger partial charge in [0.05, 0.1) is 22.5 Å². The number of rotatable bonds is 2. The first kappa shape index (κ1) is 13.4. The zero-order valence-electron chi connectivity index (χ0n) is 10.9. The number of hydrogen-bond acceptors (Lipinski definition) is 3. The van der Waals surface area contributed by atoms with E-state index in [-0.39, 0.29) is 11.3 Å². The van der Waals surface area contributed by atoms with Gasteiger partial charge in [-0.3, -0.25) is 9.78 Å². The van der Waals surface area contributed by atoms with Crippen LogP contribution in [0.4, 0.5) is 5.69 Å². The van der Waals surface area contributed by atoms with Gasteiger partial charge in [0.15, 0.2) is 0 Å². The summed E-state index contributed by atoms with van der Waals surface area (Å²) in [6, 6.07) is 12.3. The number of aromatic hydroxyl groups is 1. The molecule has 1 heterocycles. The SMILES string of the molecule is O=C(Nc1cnccc1Cl)c1ccc2ccccc2c1O. The van der Waals surface area contributed by atoms with E-state index in [1.54, 1.807) is 24.3 Å². The number of aromatic nitrogens is 1. The summed E-state index contributed by atoms with van der Waals surface area (Å²) < 4.78 is 0. The summed E-state index contributed by atoms with van der Waals surface area (Å²) in [5, 5.41) is 14.8. The van der Waals surface area contributed by atoms with Crippen LogP contribution >= 0.6 is 11.6 Å². The lowest BCUT2D eigenvalue weighted by atomic mass is 10.0. The van der Waals surface area contributed by atoms with Crippen LogP contribution in [0.2, 0.25) is 5.02 Å². The molecule has 5 heteroatoms. The van der Waals surface area contributed by atoms with Crippen molar-refractivity contribution in [3.63, 3.8) is 0 Å². The molecule has 0 saturated carbocycles. The van der Waals surface area contributed by atoms with Gasteiger partial charge in [0, 0.05) is 11.6 Å². The van der Waals surface area contributed by atoms with Crippen LogP contribution in [0.15, 0.2) is 54.9 Å². The summed E-state index contributed by atoms with van der Waals surface area (Å²) in [6.07, 6.45) is 2.99. The van der Waals surface area contributed by atoms with Crippen molar-refractivity contribution in [2.24, 2.45) is 0 Å². The maximum atomic E-state index is 12.3. The van der Waals surface area contributed by atoms with E-state index < -0.39 is 5.91 Å². The van der Waals surface area contributed by atoms with Crippen LogP contribution in [0.5, 0.6) is 5.75 Å². The first-order valence-electron chi connectivity index (χ1n) is 6.28. The highest BCUT2D eigenvalue weighted by atomic mass is 35.5. The normalized spacial score (nSPS) is 10.5. The van der Waals surface area contributed by atoms with E-state index in [1.165, 1.54) is 12.4 Å². The molecule has 2 aromatic carbocycles. The predicted molar refractivity (Wildman–Crippen MR) is 82.8 cm³/mol. The van der Waals surface area contributed by atoms with Crippen LogP contribution in [-0.2, 0) is 0 Å². The van der Waals surface area contributed by atoms with Crippen LogP contribution in [0.25, 0.3) is 10.8 Å². The monoisotopic (exact) mass is 298 g/mol. The minimum atomic E-state index is -0.437. The Balaban J connectivity index is 1.99. The molecule has 0 aliphatic heterocycles. The summed E-state index contributed by atoms with van der Waals surface area (Å²) >= 11 is 5.97. The van der Waals surface area contributed by atoms with Crippen LogP contribution in [-0.4, -0.2) is 16.0 Å². The van der Waals surface area contributed by atoms with Crippen LogP contribution in [0, 0.1) is 0 Å². The first-order valence-corrected chi connectivity index (χ1v) is 6.66. The maximum absolute atomic E-state index is 12.3. The zero-order valence-corrected chi connectivity index (χ0v) is 11.6. The third kappa shape index (κ3) is 2.53. The molecule has 0 fully saturated rings. The molecule has 0 saturated heterocycles. The van der Waals surface area contributed by atoms with Gasteiger partial charge in [-0.1, -0.05) is 41.9 Å². The Kier molecular flexibility index (Phi) is 3.46. The number of amides is 1. The molecule has 0 spiro atoms. The number of anilines is 1. The standard InChI is InChI=1S/C16H11ClN2O2/c17-13-7-8-18-9-14(13)19-16(21)12-6-5-10-3-1-2-4-11(10)15(12)20/h1-9,20H,(H,19,21). The van der Waals surface area contributed by atoms with Crippen molar-refractivity contribution in [3.05, 3.63) is 65.4 Å². The smallest absolute Gasteiger partial charge is 0.259 e. The number of nitrogens with one attached hydrogen (secondary N) is 1. The lowest BCUT2D eigenvalue weighted by molar-refractivity contribution is 0.102. The first-order chi connectivity index (χ1) is 10.2. The Morgan fingerprint density at radius 3 is 2.76 bits per heavy atom. The molecule has 0 unspecified atom stereocenters. The van der Waals surface area contributed by atoms with Crippen molar-refractivity contribution in [2.45, 2.75) is 0 Å². The average molecular weight is 299 g/mol. The number of carbonyl (C=O) groups is 1. The minimum absolute atomic E-state index is 0.0504. The van der Waals surface area contributed by atoms with Gasteiger partial charge >= 0.3 is 0 Å². The fraction of sp³-hybridized carbons (Fsp3) is 0. The van der Waals surface area contributed by atoms with Crippen molar-refractivity contribution >= 4 is 34.0 Å². The van der Waals surface area contributed by atoms with Crippen molar-refractivity contribution in [1.29, 1.82) is 0 Å². The number of phenols is 1. The fourth-order valence-corrected chi connectivity index (χ4v) is 2.25. The second-order valence-electron chi connectivity index (χ2n) is 4.49. The number of benzene rings is 2. The summed E-state index contributed by atoms with van der Waals surface area (Å²) in [4.78, 5) is 16.2. The molecule has 104 valence electrons. The van der Waals surface area contributed by atoms with Crippen LogP contribution in [0.1, 0.15) is 10.4 Å². The van der Waals surface area contributed by atoms with Gasteiger partial charge in [0.2, 0.25) is 0 Å². The molecular formula is C16H11ClN2O2. The molecule has 1 amide bonds. The predicted octanol–water partition coefficient (Wildman–Crippen LogP) is 3.85. The number of pyridine rings is 1. The Morgan fingerprint density at radius 1 is 1.14 bits per heavy atom. The fourth-order valence-electron chi connectivity index (χ4n) is 2.10. The highest BCUT2D eigenvalue weighted by Gasteiger charge is 2.14. The molecule has 1 aromatic heterocycles. The summed E-state index contributed by atoms with van der Waals surface area (Å²) in [5.74, 6) is -0.487. The number of phenolic OH excluding ortho intramolecular Hbond substituents is 1. The topological polar surface area (TPSA) is 62.2 Å². The van der Waals surface area contributed by atoms with Crippen molar-refractivity contribution in [3.8, 4) is 5.75 Å². The second-order valence-corrected chi connectivity index (χ2v) is 4.90. The van der Waals surface area contributed by atoms with Crippen LogP contribution in [0.3, 0.4) is 0 Å². The highest BCUT2D eigenvalue weighted by molar-refractivity contribution is 6.33. The molecule has 0 aliphatic rings. The van der Waals surface area contributed by atoms with E-state index in [9.17, 15) is 9.90 Å². The lowest BCUT2D eigenvalue weighted by Gasteiger charge is -2.09. The number of carbonyl (C=O) groups excluding carboxylic acids is 1. The van der Waals surface area contributed by atoms with E-state index in [0.717, 1.165) is 5.39 Å². The number of hydrogen-bond donors (Lipinski definition) is 2. The zero-order chi connectivity index (χ0) is 14.8. The molecule has 0 aliphatic carbocycles. The average Bonchev–Trinajstić information content (AvgIpc) is 2.50. The Morgan fingerprint density at radius 2 is 1.95 bits per heavy atom. The highest BCUT2D eigenvalue weighted by Crippen LogP contribution is 2.29.